The van der Waals surface area contributed by atoms with Gasteiger partial charge in [-0.2, -0.15) is 0 Å². The van der Waals surface area contributed by atoms with E-state index in [-0.39, 0.29) is 10.8 Å². The van der Waals surface area contributed by atoms with Crippen molar-refractivity contribution in [1.82, 2.24) is 0 Å². The van der Waals surface area contributed by atoms with Gasteiger partial charge < -0.3 is 0 Å². The fraction of sp³-hybridized carbons (Fsp3) is 0.435. The first-order chi connectivity index (χ1) is 11.9. The van der Waals surface area contributed by atoms with Gasteiger partial charge in [-0.05, 0) is 69.2 Å². The molecule has 2 aromatic rings. The van der Waals surface area contributed by atoms with Gasteiger partial charge in [0.1, 0.15) is 0 Å². The van der Waals surface area contributed by atoms with E-state index in [1.807, 2.05) is 0 Å². The van der Waals surface area contributed by atoms with Crippen molar-refractivity contribution in [3.63, 3.8) is 0 Å². The van der Waals surface area contributed by atoms with E-state index in [9.17, 15) is 0 Å². The standard InChI is InChI=1S/C23H29.2ClH.Hf/c1-14-9-16-11-17-10-15(2)21(23(6,7)8)13-19(17)18(16)12-20(14)22(3,4)5;;;/h9-13H,1-8H3;2*1H;/q;;;+2/p-2. The average Bonchev–Trinajstić information content (AvgIpc) is 2.80. The molecule has 3 rings (SSSR count). The van der Waals surface area contributed by atoms with Crippen LogP contribution in [0.25, 0.3) is 11.1 Å². The summed E-state index contributed by atoms with van der Waals surface area (Å²) >= 11 is -0.972. The second-order valence-electron chi connectivity index (χ2n) is 9.22. The van der Waals surface area contributed by atoms with Gasteiger partial charge in [0.05, 0.1) is 0 Å². The first-order valence-electron chi connectivity index (χ1n) is 9.01. The zero-order valence-electron chi connectivity index (χ0n) is 17.1. The van der Waals surface area contributed by atoms with E-state index in [0.717, 1.165) is 0 Å². The first kappa shape index (κ1) is 22.2. The van der Waals surface area contributed by atoms with Crippen molar-refractivity contribution in [2.45, 2.75) is 66.2 Å². The summed E-state index contributed by atoms with van der Waals surface area (Å²) in [6, 6.07) is 9.58. The number of benzene rings is 2. The summed E-state index contributed by atoms with van der Waals surface area (Å²) in [4.78, 5) is 0. The zero-order valence-corrected chi connectivity index (χ0v) is 22.2. The SMILES string of the molecule is Cc1cc2c(cc1C(C)(C)C)-c1cc(C(C)(C)C)c(C)cc1[CH]2.[Cl][Hf][Cl]. The molecule has 0 unspecified atom stereocenters. The Kier molecular flexibility index (Phi) is 6.91. The molecule has 1 radical (unpaired) electrons. The Morgan fingerprint density at radius 3 is 1.23 bits per heavy atom. The van der Waals surface area contributed by atoms with Crippen LogP contribution in [0.2, 0.25) is 0 Å². The molecule has 3 heteroatoms. The summed E-state index contributed by atoms with van der Waals surface area (Å²) in [6.45, 7) is 18.3. The van der Waals surface area contributed by atoms with E-state index in [4.69, 9.17) is 17.2 Å². The number of rotatable bonds is 0. The minimum atomic E-state index is -0.972. The van der Waals surface area contributed by atoms with Gasteiger partial charge in [-0.15, -0.1) is 0 Å². The molecule has 0 bridgehead atoms. The molecule has 0 amide bonds. The molecular formula is C23H29Cl2Hf. The maximum atomic E-state index is 4.96. The van der Waals surface area contributed by atoms with Crippen molar-refractivity contribution in [2.75, 3.05) is 0 Å². The first-order valence-corrected chi connectivity index (χ1v) is 17.9. The summed E-state index contributed by atoms with van der Waals surface area (Å²) in [6.07, 6.45) is 2.35. The summed E-state index contributed by atoms with van der Waals surface area (Å²) in [5.74, 6) is 0. The van der Waals surface area contributed by atoms with E-state index in [0.29, 0.717) is 0 Å². The van der Waals surface area contributed by atoms with Gasteiger partial charge in [0.15, 0.2) is 0 Å². The van der Waals surface area contributed by atoms with E-state index < -0.39 is 20.5 Å². The second kappa shape index (κ2) is 8.10. The quantitative estimate of drug-likeness (QED) is 0.248. The Morgan fingerprint density at radius 2 is 0.962 bits per heavy atom. The van der Waals surface area contributed by atoms with E-state index in [1.54, 1.807) is 0 Å². The molecule has 26 heavy (non-hydrogen) atoms. The number of hydrogen-bond donors (Lipinski definition) is 0. The summed E-state index contributed by atoms with van der Waals surface area (Å²) in [5, 5.41) is 0. The van der Waals surface area contributed by atoms with Crippen molar-refractivity contribution in [1.29, 1.82) is 0 Å². The van der Waals surface area contributed by atoms with Crippen LogP contribution in [0.1, 0.15) is 74.9 Å². The van der Waals surface area contributed by atoms with Crippen molar-refractivity contribution in [3.05, 3.63) is 64.1 Å². The molecule has 0 aliphatic heterocycles. The monoisotopic (exact) mass is 555 g/mol. The Morgan fingerprint density at radius 1 is 0.654 bits per heavy atom. The number of halogens is 2. The predicted molar refractivity (Wildman–Crippen MR) is 113 cm³/mol. The van der Waals surface area contributed by atoms with Gasteiger partial charge in [-0.25, -0.2) is 0 Å². The summed E-state index contributed by atoms with van der Waals surface area (Å²) < 4.78 is 0. The van der Waals surface area contributed by atoms with Gasteiger partial charge in [0.25, 0.3) is 0 Å². The van der Waals surface area contributed by atoms with Crippen molar-refractivity contribution in [2.24, 2.45) is 0 Å². The third-order valence-corrected chi connectivity index (χ3v) is 5.01. The number of fused-ring (bicyclic) bond motifs is 3. The van der Waals surface area contributed by atoms with Gasteiger partial charge in [-0.3, -0.25) is 0 Å². The second-order valence-corrected chi connectivity index (χ2v) is 14.4. The molecule has 0 N–H and O–H groups in total. The molecule has 0 saturated heterocycles. The summed E-state index contributed by atoms with van der Waals surface area (Å²) in [5.41, 5.74) is 11.6. The Balaban J connectivity index is 0.000000758. The van der Waals surface area contributed by atoms with E-state index in [1.165, 1.54) is 44.5 Å². The third-order valence-electron chi connectivity index (χ3n) is 5.01. The molecule has 0 aromatic heterocycles. The van der Waals surface area contributed by atoms with Crippen LogP contribution in [0.15, 0.2) is 24.3 Å². The van der Waals surface area contributed by atoms with Crippen LogP contribution in [-0.4, -0.2) is 0 Å². The molecule has 1 aliphatic rings. The molecule has 1 aliphatic carbocycles. The van der Waals surface area contributed by atoms with E-state index in [2.05, 4.69) is 86.1 Å². The molecule has 2 aromatic carbocycles. The topological polar surface area (TPSA) is 0 Å². The Bertz CT molecular complexity index is 741. The van der Waals surface area contributed by atoms with Crippen molar-refractivity contribution in [3.8, 4) is 11.1 Å². The molecule has 0 heterocycles. The van der Waals surface area contributed by atoms with Crippen molar-refractivity contribution >= 4 is 17.2 Å². The van der Waals surface area contributed by atoms with Gasteiger partial charge in [0, 0.05) is 6.42 Å². The fourth-order valence-electron chi connectivity index (χ4n) is 3.95. The van der Waals surface area contributed by atoms with E-state index >= 15 is 0 Å². The van der Waals surface area contributed by atoms with Crippen LogP contribution in [-0.2, 0) is 31.4 Å². The Hall–Kier alpha value is -0.110. The number of aryl methyl sites for hydroxylation is 2. The normalized spacial score (nSPS) is 12.8. The third kappa shape index (κ3) is 4.65. The van der Waals surface area contributed by atoms with Crippen LogP contribution < -0.4 is 0 Å². The maximum absolute atomic E-state index is 4.96. The molecule has 139 valence electrons. The predicted octanol–water partition coefficient (Wildman–Crippen LogP) is 7.86. The Labute approximate surface area is 178 Å². The van der Waals surface area contributed by atoms with Gasteiger partial charge in [0.2, 0.25) is 0 Å². The molecule has 0 spiro atoms. The van der Waals surface area contributed by atoms with Crippen LogP contribution >= 0.6 is 17.2 Å². The fourth-order valence-corrected chi connectivity index (χ4v) is 3.95. The number of hydrogen-bond acceptors (Lipinski definition) is 0. The zero-order chi connectivity index (χ0) is 19.9. The minimum absolute atomic E-state index is 0.180. The van der Waals surface area contributed by atoms with Crippen LogP contribution in [0.4, 0.5) is 0 Å². The molecule has 0 fully saturated rings. The average molecular weight is 555 g/mol. The summed E-state index contributed by atoms with van der Waals surface area (Å²) in [7, 11) is 9.92. The van der Waals surface area contributed by atoms with Crippen LogP contribution in [0.5, 0.6) is 0 Å². The van der Waals surface area contributed by atoms with Crippen LogP contribution in [0, 0.1) is 20.3 Å². The van der Waals surface area contributed by atoms with Crippen LogP contribution in [0.3, 0.4) is 0 Å². The van der Waals surface area contributed by atoms with Crippen molar-refractivity contribution < 1.29 is 20.5 Å². The van der Waals surface area contributed by atoms with Gasteiger partial charge in [-0.1, -0.05) is 65.8 Å². The molecule has 0 saturated carbocycles. The molecule has 0 nitrogen and oxygen atoms in total. The molecular weight excluding hydrogens is 526 g/mol. The van der Waals surface area contributed by atoms with Gasteiger partial charge >= 0.3 is 37.7 Å². The molecule has 0 atom stereocenters.